The number of carbonyl (C=O) groups is 3. The van der Waals surface area contributed by atoms with Gasteiger partial charge in [0.15, 0.2) is 5.78 Å². The molecule has 0 aliphatic heterocycles. The highest BCUT2D eigenvalue weighted by molar-refractivity contribution is 7.75. The van der Waals surface area contributed by atoms with Gasteiger partial charge in [-0.15, -0.1) is 0 Å². The minimum Gasteiger partial charge on any atom is -0.394 e. The van der Waals surface area contributed by atoms with Crippen molar-refractivity contribution in [2.24, 2.45) is 22.3 Å². The van der Waals surface area contributed by atoms with Gasteiger partial charge in [0, 0.05) is 19.3 Å². The van der Waals surface area contributed by atoms with Gasteiger partial charge in [-0.25, -0.2) is 4.79 Å². The normalized spacial score (nSPS) is 14.8. The Hall–Kier alpha value is -0.920. The van der Waals surface area contributed by atoms with Crippen LogP contribution in [-0.4, -0.2) is 30.6 Å². The van der Waals surface area contributed by atoms with Gasteiger partial charge in [-0.3, -0.25) is 9.59 Å². The summed E-state index contributed by atoms with van der Waals surface area (Å²) in [6.45, 7) is 4.37. The molecule has 0 heterocycles. The molecule has 0 aromatic carbocycles. The summed E-state index contributed by atoms with van der Waals surface area (Å²) in [5.41, 5.74) is 8.09. The molecule has 7 heteroatoms. The van der Waals surface area contributed by atoms with Gasteiger partial charge in [0.05, 0.1) is 13.1 Å². The predicted molar refractivity (Wildman–Crippen MR) is 69.7 cm³/mol. The summed E-state index contributed by atoms with van der Waals surface area (Å²) in [7, 11) is 0. The fourth-order valence-corrected chi connectivity index (χ4v) is 2.05. The van der Waals surface area contributed by atoms with Crippen LogP contribution >= 0.6 is 12.9 Å². The van der Waals surface area contributed by atoms with E-state index >= 15 is 0 Å². The Morgan fingerprint density at radius 2 is 1.61 bits per heavy atom. The molecule has 0 spiro atoms. The van der Waals surface area contributed by atoms with E-state index in [4.69, 9.17) is 11.5 Å². The average Bonchev–Trinajstić information content (AvgIpc) is 2.31. The second-order valence-corrected chi connectivity index (χ2v) is 5.26. The van der Waals surface area contributed by atoms with E-state index in [1.54, 1.807) is 20.8 Å². The van der Waals surface area contributed by atoms with Gasteiger partial charge in [-0.05, 0) is 5.41 Å². The summed E-state index contributed by atoms with van der Waals surface area (Å²) < 4.78 is 4.40. The molecule has 0 fully saturated rings. The molecule has 18 heavy (non-hydrogen) atoms. The van der Waals surface area contributed by atoms with Gasteiger partial charge in [0.2, 0.25) is 0 Å². The summed E-state index contributed by atoms with van der Waals surface area (Å²) in [6, 6.07) is 0. The van der Waals surface area contributed by atoms with Crippen LogP contribution in [0.2, 0.25) is 0 Å². The number of hydrogen-bond donors (Lipinski definition) is 3. The molecular formula is C11H20N2O4S. The highest BCUT2D eigenvalue weighted by atomic mass is 32.1. The Morgan fingerprint density at radius 3 is 1.89 bits per heavy atom. The first-order chi connectivity index (χ1) is 8.17. The van der Waals surface area contributed by atoms with Crippen molar-refractivity contribution in [1.29, 1.82) is 0 Å². The van der Waals surface area contributed by atoms with E-state index in [1.165, 1.54) is 0 Å². The maximum atomic E-state index is 12.1. The second-order valence-electron chi connectivity index (χ2n) is 5.08. The lowest BCUT2D eigenvalue weighted by molar-refractivity contribution is -0.161. The van der Waals surface area contributed by atoms with Gasteiger partial charge in [-0.1, -0.05) is 20.8 Å². The minimum atomic E-state index is -1.65. The van der Waals surface area contributed by atoms with Crippen LogP contribution < -0.4 is 11.5 Å². The Labute approximate surface area is 112 Å². The third-order valence-electron chi connectivity index (χ3n) is 3.06. The lowest BCUT2D eigenvalue weighted by Crippen LogP contribution is -2.53. The van der Waals surface area contributed by atoms with Crippen molar-refractivity contribution < 1.29 is 18.6 Å². The molecule has 0 radical (unpaired) electrons. The first-order valence-corrected chi connectivity index (χ1v) is 5.84. The maximum absolute atomic E-state index is 12.1. The minimum absolute atomic E-state index is 0.254. The van der Waals surface area contributed by atoms with Gasteiger partial charge < -0.3 is 15.7 Å². The van der Waals surface area contributed by atoms with E-state index in [0.717, 1.165) is 0 Å². The zero-order chi connectivity index (χ0) is 14.6. The lowest BCUT2D eigenvalue weighted by atomic mass is 9.61. The third-order valence-corrected chi connectivity index (χ3v) is 3.23. The highest BCUT2D eigenvalue weighted by Gasteiger charge is 2.55. The van der Waals surface area contributed by atoms with Crippen molar-refractivity contribution in [3.05, 3.63) is 0 Å². The van der Waals surface area contributed by atoms with E-state index in [9.17, 15) is 14.4 Å². The summed E-state index contributed by atoms with van der Waals surface area (Å²) >= 11 is 3.44. The van der Waals surface area contributed by atoms with Crippen molar-refractivity contribution in [2.45, 2.75) is 27.2 Å². The fourth-order valence-electron chi connectivity index (χ4n) is 1.89. The van der Waals surface area contributed by atoms with Crippen molar-refractivity contribution in [2.75, 3.05) is 13.1 Å². The molecule has 0 aliphatic rings. The van der Waals surface area contributed by atoms with Gasteiger partial charge in [0.1, 0.15) is 11.2 Å². The van der Waals surface area contributed by atoms with E-state index in [-0.39, 0.29) is 19.5 Å². The average molecular weight is 276 g/mol. The Balaban J connectivity index is 5.79. The van der Waals surface area contributed by atoms with Crippen molar-refractivity contribution >= 4 is 30.4 Å². The van der Waals surface area contributed by atoms with Crippen LogP contribution in [0.25, 0.3) is 0 Å². The van der Waals surface area contributed by atoms with Crippen LogP contribution in [0.15, 0.2) is 0 Å². The zero-order valence-corrected chi connectivity index (χ0v) is 11.8. The quantitative estimate of drug-likeness (QED) is 0.353. The molecule has 1 unspecified atom stereocenters. The topological polar surface area (TPSA) is 112 Å². The molecule has 0 aliphatic carbocycles. The van der Waals surface area contributed by atoms with Gasteiger partial charge in [-0.2, -0.15) is 0 Å². The van der Waals surface area contributed by atoms with Crippen LogP contribution in [0.5, 0.6) is 0 Å². The highest BCUT2D eigenvalue weighted by Crippen LogP contribution is 2.44. The number of hydrogen-bond acceptors (Lipinski definition) is 7. The van der Waals surface area contributed by atoms with Crippen LogP contribution in [0.4, 0.5) is 0 Å². The molecule has 0 aromatic rings. The number of rotatable bonds is 6. The molecule has 0 saturated heterocycles. The summed E-state index contributed by atoms with van der Waals surface area (Å²) in [4.78, 5) is 35.6. The van der Waals surface area contributed by atoms with E-state index < -0.39 is 28.4 Å². The number of nitrogens with two attached hydrogens (primary N) is 2. The molecule has 4 N–H and O–H groups in total. The number of carbonyl (C=O) groups excluding carboxylic acids is 3. The summed E-state index contributed by atoms with van der Waals surface area (Å²) in [6.07, 6.45) is -0.331. The second kappa shape index (κ2) is 6.31. The number of thiol groups is 1. The molecule has 0 aromatic heterocycles. The molecule has 104 valence electrons. The standard InChI is InChI=1S/C11H20N2O4S/c1-10(2,3)11(8(15)6-13,9(16)17-18)4-7(14)5-12/h18H,4-6,12-13H2,1-3H3. The molecule has 1 atom stereocenters. The smallest absolute Gasteiger partial charge is 0.332 e. The van der Waals surface area contributed by atoms with E-state index in [0.29, 0.717) is 0 Å². The van der Waals surface area contributed by atoms with Crippen molar-refractivity contribution in [3.8, 4) is 0 Å². The number of ketones is 2. The van der Waals surface area contributed by atoms with Gasteiger partial charge >= 0.3 is 5.97 Å². The van der Waals surface area contributed by atoms with Crippen molar-refractivity contribution in [3.63, 3.8) is 0 Å². The molecule has 6 nitrogen and oxygen atoms in total. The predicted octanol–water partition coefficient (Wildman–Crippen LogP) is -0.147. The zero-order valence-electron chi connectivity index (χ0n) is 10.9. The molecule has 0 rings (SSSR count). The Bertz CT molecular complexity index is 333. The Morgan fingerprint density at radius 1 is 1.11 bits per heavy atom. The molecule has 0 saturated carbocycles. The Kier molecular flexibility index (Phi) is 5.98. The summed E-state index contributed by atoms with van der Waals surface area (Å²) in [5.74, 6) is -1.85. The van der Waals surface area contributed by atoms with Crippen molar-refractivity contribution in [1.82, 2.24) is 0 Å². The maximum Gasteiger partial charge on any atom is 0.332 e. The van der Waals surface area contributed by atoms with Crippen LogP contribution in [-0.2, 0) is 18.6 Å². The third kappa shape index (κ3) is 3.09. The molecule has 0 amide bonds. The first-order valence-electron chi connectivity index (χ1n) is 5.48. The largest absolute Gasteiger partial charge is 0.394 e. The molecular weight excluding hydrogens is 256 g/mol. The van der Waals surface area contributed by atoms with Crippen LogP contribution in [0.3, 0.4) is 0 Å². The lowest BCUT2D eigenvalue weighted by Gasteiger charge is -2.39. The van der Waals surface area contributed by atoms with E-state index in [1.807, 2.05) is 0 Å². The monoisotopic (exact) mass is 276 g/mol. The SMILES string of the molecule is CC(C)(C)C(CC(=O)CN)(C(=O)CN)C(=O)OS. The van der Waals surface area contributed by atoms with Gasteiger partial charge in [0.25, 0.3) is 0 Å². The fraction of sp³-hybridized carbons (Fsp3) is 0.727. The number of Topliss-reactive ketones (excluding diaryl/α,β-unsaturated/α-hetero) is 2. The summed E-state index contributed by atoms with van der Waals surface area (Å²) in [5, 5.41) is 0. The van der Waals surface area contributed by atoms with Crippen LogP contribution in [0.1, 0.15) is 27.2 Å². The van der Waals surface area contributed by atoms with E-state index in [2.05, 4.69) is 17.1 Å². The van der Waals surface area contributed by atoms with Crippen LogP contribution in [0, 0.1) is 10.8 Å². The molecule has 0 bridgehead atoms. The first kappa shape index (κ1) is 17.1.